The van der Waals surface area contributed by atoms with Gasteiger partial charge in [0.2, 0.25) is 5.91 Å². The van der Waals surface area contributed by atoms with Crippen molar-refractivity contribution in [3.63, 3.8) is 0 Å². The van der Waals surface area contributed by atoms with Crippen LogP contribution in [0.1, 0.15) is 32.1 Å². The van der Waals surface area contributed by atoms with E-state index in [-0.39, 0.29) is 0 Å². The second-order valence-electron chi connectivity index (χ2n) is 5.50. The maximum atomic E-state index is 11.9. The summed E-state index contributed by atoms with van der Waals surface area (Å²) in [6.07, 6.45) is 6.18. The van der Waals surface area contributed by atoms with E-state index in [0.717, 1.165) is 19.6 Å². The third kappa shape index (κ3) is 2.99. The van der Waals surface area contributed by atoms with Crippen LogP contribution in [-0.2, 0) is 4.79 Å². The minimum atomic E-state index is 0.292. The van der Waals surface area contributed by atoms with Crippen LogP contribution in [0.25, 0.3) is 0 Å². The third-order valence-electron chi connectivity index (χ3n) is 4.33. The van der Waals surface area contributed by atoms with Crippen molar-refractivity contribution in [3.8, 4) is 0 Å². The van der Waals surface area contributed by atoms with Crippen LogP contribution < -0.4 is 5.73 Å². The number of hydrogen-bond acceptors (Lipinski definition) is 3. The first-order valence-electron chi connectivity index (χ1n) is 6.90. The molecule has 2 N–H and O–H groups in total. The number of likely N-dealkylation sites (tertiary alicyclic amines) is 1. The maximum absolute atomic E-state index is 11.9. The summed E-state index contributed by atoms with van der Waals surface area (Å²) in [5, 5.41) is 0. The summed E-state index contributed by atoms with van der Waals surface area (Å²) in [7, 11) is 2.08. The fourth-order valence-electron chi connectivity index (χ4n) is 3.04. The van der Waals surface area contributed by atoms with Gasteiger partial charge in [-0.3, -0.25) is 9.69 Å². The van der Waals surface area contributed by atoms with Crippen LogP contribution in [0.15, 0.2) is 0 Å². The van der Waals surface area contributed by atoms with Gasteiger partial charge in [-0.25, -0.2) is 0 Å². The van der Waals surface area contributed by atoms with Crippen LogP contribution in [0.2, 0.25) is 0 Å². The van der Waals surface area contributed by atoms with Crippen molar-refractivity contribution in [3.05, 3.63) is 0 Å². The van der Waals surface area contributed by atoms with E-state index in [2.05, 4.69) is 11.9 Å². The van der Waals surface area contributed by atoms with Crippen molar-refractivity contribution in [1.82, 2.24) is 9.80 Å². The first kappa shape index (κ1) is 12.8. The summed E-state index contributed by atoms with van der Waals surface area (Å²) in [4.78, 5) is 16.1. The summed E-state index contributed by atoms with van der Waals surface area (Å²) in [6, 6.07) is 0.513. The monoisotopic (exact) mass is 239 g/mol. The van der Waals surface area contributed by atoms with Crippen molar-refractivity contribution in [2.75, 3.05) is 33.2 Å². The Morgan fingerprint density at radius 3 is 2.59 bits per heavy atom. The van der Waals surface area contributed by atoms with Crippen LogP contribution in [0.5, 0.6) is 0 Å². The molecule has 1 amide bonds. The first-order valence-corrected chi connectivity index (χ1v) is 6.90. The number of carbonyl (C=O) groups is 1. The van der Waals surface area contributed by atoms with Gasteiger partial charge in [0.05, 0.1) is 6.54 Å². The van der Waals surface area contributed by atoms with Crippen molar-refractivity contribution in [1.29, 1.82) is 0 Å². The quantitative estimate of drug-likeness (QED) is 0.784. The van der Waals surface area contributed by atoms with Gasteiger partial charge >= 0.3 is 0 Å². The van der Waals surface area contributed by atoms with Gasteiger partial charge in [-0.05, 0) is 38.8 Å². The summed E-state index contributed by atoms with van der Waals surface area (Å²) in [5.74, 6) is 0.873. The number of likely N-dealkylation sites (N-methyl/N-ethyl adjacent to an activating group) is 1. The van der Waals surface area contributed by atoms with E-state index in [1.807, 2.05) is 4.90 Å². The Balaban J connectivity index is 1.84. The Kier molecular flexibility index (Phi) is 4.40. The zero-order valence-corrected chi connectivity index (χ0v) is 10.9. The second-order valence-corrected chi connectivity index (χ2v) is 5.50. The minimum Gasteiger partial charge on any atom is -0.341 e. The van der Waals surface area contributed by atoms with Crippen molar-refractivity contribution in [2.45, 2.75) is 38.1 Å². The molecule has 0 bridgehead atoms. The molecule has 1 heterocycles. The van der Waals surface area contributed by atoms with Crippen LogP contribution >= 0.6 is 0 Å². The average molecular weight is 239 g/mol. The molecule has 2 fully saturated rings. The lowest BCUT2D eigenvalue weighted by Gasteiger charge is -2.39. The second kappa shape index (κ2) is 5.83. The van der Waals surface area contributed by atoms with Gasteiger partial charge in [-0.15, -0.1) is 0 Å². The highest BCUT2D eigenvalue weighted by Gasteiger charge is 2.29. The van der Waals surface area contributed by atoms with E-state index >= 15 is 0 Å². The van der Waals surface area contributed by atoms with Crippen LogP contribution in [0.3, 0.4) is 0 Å². The SMILES string of the molecule is CN(CC(=O)N1CCC1)C1CCCCC1CN. The molecule has 1 saturated heterocycles. The minimum absolute atomic E-state index is 0.292. The molecule has 98 valence electrons. The van der Waals surface area contributed by atoms with Gasteiger partial charge in [0.25, 0.3) is 0 Å². The molecular weight excluding hydrogens is 214 g/mol. The average Bonchev–Trinajstić information content (AvgIpc) is 2.26. The Bertz CT molecular complexity index is 265. The molecule has 4 heteroatoms. The van der Waals surface area contributed by atoms with Crippen LogP contribution in [0.4, 0.5) is 0 Å². The van der Waals surface area contributed by atoms with Crippen molar-refractivity contribution in [2.24, 2.45) is 11.7 Å². The molecule has 0 spiro atoms. The Morgan fingerprint density at radius 2 is 2.00 bits per heavy atom. The summed E-state index contributed by atoms with van der Waals surface area (Å²) < 4.78 is 0. The summed E-state index contributed by atoms with van der Waals surface area (Å²) in [5.41, 5.74) is 5.84. The molecule has 2 unspecified atom stereocenters. The zero-order valence-electron chi connectivity index (χ0n) is 10.9. The highest BCUT2D eigenvalue weighted by molar-refractivity contribution is 5.78. The molecule has 17 heavy (non-hydrogen) atoms. The maximum Gasteiger partial charge on any atom is 0.236 e. The first-order chi connectivity index (χ1) is 8.22. The normalized spacial score (nSPS) is 29.2. The van der Waals surface area contributed by atoms with Gasteiger partial charge in [0.1, 0.15) is 0 Å². The Hall–Kier alpha value is -0.610. The molecule has 1 aliphatic heterocycles. The van der Waals surface area contributed by atoms with E-state index in [0.29, 0.717) is 24.4 Å². The smallest absolute Gasteiger partial charge is 0.236 e. The molecule has 0 aromatic carbocycles. The zero-order chi connectivity index (χ0) is 12.3. The van der Waals surface area contributed by atoms with Gasteiger partial charge in [0, 0.05) is 19.1 Å². The molecule has 0 radical (unpaired) electrons. The predicted octanol–water partition coefficient (Wildman–Crippen LogP) is 0.668. The van der Waals surface area contributed by atoms with E-state index in [1.165, 1.54) is 32.1 Å². The molecule has 1 aliphatic carbocycles. The molecule has 4 nitrogen and oxygen atoms in total. The number of nitrogens with two attached hydrogens (primary N) is 1. The number of nitrogens with zero attached hydrogens (tertiary/aromatic N) is 2. The van der Waals surface area contributed by atoms with Crippen molar-refractivity contribution >= 4 is 5.91 Å². The molecule has 2 aliphatic rings. The number of amides is 1. The van der Waals surface area contributed by atoms with Crippen molar-refractivity contribution < 1.29 is 4.79 Å². The Labute approximate surface area is 104 Å². The fourth-order valence-corrected chi connectivity index (χ4v) is 3.04. The molecule has 1 saturated carbocycles. The number of rotatable bonds is 4. The third-order valence-corrected chi connectivity index (χ3v) is 4.33. The standard InChI is InChI=1S/C13H25N3O/c1-15(10-13(17)16-7-4-8-16)12-6-3-2-5-11(12)9-14/h11-12H,2-10,14H2,1H3. The van der Waals surface area contributed by atoms with E-state index < -0.39 is 0 Å². The number of carbonyl (C=O) groups excluding carboxylic acids is 1. The number of hydrogen-bond donors (Lipinski definition) is 1. The summed E-state index contributed by atoms with van der Waals surface area (Å²) in [6.45, 7) is 3.24. The lowest BCUT2D eigenvalue weighted by molar-refractivity contribution is -0.136. The van der Waals surface area contributed by atoms with Crippen LogP contribution in [-0.4, -0.2) is 55.0 Å². The fraction of sp³-hybridized carbons (Fsp3) is 0.923. The van der Waals surface area contributed by atoms with Gasteiger partial charge < -0.3 is 10.6 Å². The van der Waals surface area contributed by atoms with Gasteiger partial charge in [-0.1, -0.05) is 12.8 Å². The highest BCUT2D eigenvalue weighted by Crippen LogP contribution is 2.27. The van der Waals surface area contributed by atoms with Crippen LogP contribution in [0, 0.1) is 5.92 Å². The van der Waals surface area contributed by atoms with Gasteiger partial charge in [-0.2, -0.15) is 0 Å². The highest BCUT2D eigenvalue weighted by atomic mass is 16.2. The predicted molar refractivity (Wildman–Crippen MR) is 68.6 cm³/mol. The molecular formula is C13H25N3O. The molecule has 2 rings (SSSR count). The molecule has 0 aromatic rings. The largest absolute Gasteiger partial charge is 0.341 e. The van der Waals surface area contributed by atoms with E-state index in [4.69, 9.17) is 5.73 Å². The van der Waals surface area contributed by atoms with Gasteiger partial charge in [0.15, 0.2) is 0 Å². The topological polar surface area (TPSA) is 49.6 Å². The molecule has 0 aromatic heterocycles. The van der Waals surface area contributed by atoms with E-state index in [9.17, 15) is 4.79 Å². The Morgan fingerprint density at radius 1 is 1.29 bits per heavy atom. The lowest BCUT2D eigenvalue weighted by atomic mass is 9.83. The summed E-state index contributed by atoms with van der Waals surface area (Å²) >= 11 is 0. The van der Waals surface area contributed by atoms with E-state index in [1.54, 1.807) is 0 Å². The lowest BCUT2D eigenvalue weighted by Crippen LogP contribution is -2.50. The molecule has 2 atom stereocenters.